The number of benzene rings is 2. The minimum atomic E-state index is -0.302. The van der Waals surface area contributed by atoms with E-state index in [1.54, 1.807) is 12.1 Å². The number of rotatable bonds is 2. The molecular weight excluding hydrogens is 274 g/mol. The number of urea groups is 1. The lowest BCUT2D eigenvalue weighted by molar-refractivity contribution is 0.262. The van der Waals surface area contributed by atoms with Gasteiger partial charge in [0.1, 0.15) is 0 Å². The van der Waals surface area contributed by atoms with E-state index in [0.29, 0.717) is 10.7 Å². The van der Waals surface area contributed by atoms with Gasteiger partial charge in [0, 0.05) is 17.9 Å². The number of carbonyl (C=O) groups is 1. The predicted molar refractivity (Wildman–Crippen MR) is 82.7 cm³/mol. The normalized spacial score (nSPS) is 12.4. The average Bonchev–Trinajstić information content (AvgIpc) is 2.89. The maximum absolute atomic E-state index is 11.9. The molecule has 0 saturated carbocycles. The summed E-state index contributed by atoms with van der Waals surface area (Å²) in [6.45, 7) is 0.949. The molecule has 5 heteroatoms. The molecule has 4 nitrogen and oxygen atoms in total. The van der Waals surface area contributed by atoms with E-state index in [9.17, 15) is 4.79 Å². The molecule has 20 heavy (non-hydrogen) atoms. The van der Waals surface area contributed by atoms with Crippen molar-refractivity contribution in [3.05, 3.63) is 53.1 Å². The Balaban J connectivity index is 1.69. The van der Waals surface area contributed by atoms with E-state index in [4.69, 9.17) is 11.6 Å². The number of nitrogens with one attached hydrogen (secondary N) is 3. The highest BCUT2D eigenvalue weighted by Gasteiger charge is 2.11. The number of fused-ring (bicyclic) bond motifs is 1. The Morgan fingerprint density at radius 3 is 2.85 bits per heavy atom. The molecule has 3 rings (SSSR count). The van der Waals surface area contributed by atoms with Gasteiger partial charge in [-0.3, -0.25) is 0 Å². The molecule has 0 aromatic heterocycles. The average molecular weight is 288 g/mol. The largest absolute Gasteiger partial charge is 0.384 e. The van der Waals surface area contributed by atoms with Gasteiger partial charge in [-0.15, -0.1) is 0 Å². The molecular formula is C15H14ClN3O. The van der Waals surface area contributed by atoms with Crippen LogP contribution in [-0.4, -0.2) is 12.6 Å². The molecule has 0 unspecified atom stereocenters. The van der Waals surface area contributed by atoms with Crippen molar-refractivity contribution in [2.45, 2.75) is 6.42 Å². The summed E-state index contributed by atoms with van der Waals surface area (Å²) in [5.74, 6) is 0. The molecule has 0 aliphatic carbocycles. The van der Waals surface area contributed by atoms with Crippen molar-refractivity contribution < 1.29 is 4.79 Å². The molecule has 0 spiro atoms. The summed E-state index contributed by atoms with van der Waals surface area (Å²) in [6.07, 6.45) is 0.983. The van der Waals surface area contributed by atoms with Crippen LogP contribution in [0.5, 0.6) is 0 Å². The molecule has 1 aliphatic heterocycles. The standard InChI is InChI=1S/C15H14ClN3O/c16-12-3-1-2-4-14(12)19-15(20)18-11-5-6-13-10(9-11)7-8-17-13/h1-6,9,17H,7-8H2,(H2,18,19,20). The Bertz CT molecular complexity index is 657. The number of anilines is 3. The molecule has 1 heterocycles. The zero-order chi connectivity index (χ0) is 13.9. The summed E-state index contributed by atoms with van der Waals surface area (Å²) in [7, 11) is 0. The number of halogens is 1. The van der Waals surface area contributed by atoms with Gasteiger partial charge in [0.05, 0.1) is 10.7 Å². The van der Waals surface area contributed by atoms with Gasteiger partial charge in [-0.25, -0.2) is 4.79 Å². The van der Waals surface area contributed by atoms with Gasteiger partial charge < -0.3 is 16.0 Å². The molecule has 1 aliphatic rings. The molecule has 2 aromatic carbocycles. The summed E-state index contributed by atoms with van der Waals surface area (Å²) in [6, 6.07) is 12.7. The smallest absolute Gasteiger partial charge is 0.323 e. The first-order chi connectivity index (χ1) is 9.72. The van der Waals surface area contributed by atoms with Crippen molar-refractivity contribution in [1.82, 2.24) is 0 Å². The van der Waals surface area contributed by atoms with Crippen LogP contribution in [0.3, 0.4) is 0 Å². The number of carbonyl (C=O) groups excluding carboxylic acids is 1. The molecule has 0 fully saturated rings. The van der Waals surface area contributed by atoms with E-state index in [1.807, 2.05) is 30.3 Å². The minimum absolute atomic E-state index is 0.302. The van der Waals surface area contributed by atoms with Gasteiger partial charge in [0.25, 0.3) is 0 Å². The topological polar surface area (TPSA) is 53.2 Å². The zero-order valence-corrected chi connectivity index (χ0v) is 11.5. The van der Waals surface area contributed by atoms with Gasteiger partial charge in [-0.05, 0) is 42.3 Å². The fourth-order valence-electron chi connectivity index (χ4n) is 2.23. The van der Waals surface area contributed by atoms with Crippen molar-refractivity contribution in [2.75, 3.05) is 22.5 Å². The second kappa shape index (κ2) is 5.43. The SMILES string of the molecule is O=C(Nc1ccc2c(c1)CCN2)Nc1ccccc1Cl. The fraction of sp³-hybridized carbons (Fsp3) is 0.133. The molecule has 2 amide bonds. The first-order valence-electron chi connectivity index (χ1n) is 6.42. The van der Waals surface area contributed by atoms with Crippen LogP contribution in [0.15, 0.2) is 42.5 Å². The summed E-state index contributed by atoms with van der Waals surface area (Å²) < 4.78 is 0. The lowest BCUT2D eigenvalue weighted by Gasteiger charge is -2.10. The first-order valence-corrected chi connectivity index (χ1v) is 6.79. The highest BCUT2D eigenvalue weighted by Crippen LogP contribution is 2.25. The monoisotopic (exact) mass is 287 g/mol. The van der Waals surface area contributed by atoms with Crippen LogP contribution in [0.25, 0.3) is 0 Å². The number of para-hydroxylation sites is 1. The van der Waals surface area contributed by atoms with Crippen molar-refractivity contribution in [3.63, 3.8) is 0 Å². The maximum Gasteiger partial charge on any atom is 0.323 e. The molecule has 0 saturated heterocycles. The van der Waals surface area contributed by atoms with Crippen molar-refractivity contribution in [2.24, 2.45) is 0 Å². The third-order valence-electron chi connectivity index (χ3n) is 3.19. The van der Waals surface area contributed by atoms with E-state index in [1.165, 1.54) is 5.56 Å². The van der Waals surface area contributed by atoms with Gasteiger partial charge in [0.15, 0.2) is 0 Å². The van der Waals surface area contributed by atoms with E-state index in [2.05, 4.69) is 16.0 Å². The quantitative estimate of drug-likeness (QED) is 0.783. The number of hydrogen-bond donors (Lipinski definition) is 3. The fourth-order valence-corrected chi connectivity index (χ4v) is 2.41. The highest BCUT2D eigenvalue weighted by molar-refractivity contribution is 6.33. The van der Waals surface area contributed by atoms with E-state index >= 15 is 0 Å². The van der Waals surface area contributed by atoms with E-state index in [-0.39, 0.29) is 6.03 Å². The van der Waals surface area contributed by atoms with Crippen LogP contribution in [0, 0.1) is 0 Å². The number of amides is 2. The van der Waals surface area contributed by atoms with Crippen LogP contribution in [0.1, 0.15) is 5.56 Å². The van der Waals surface area contributed by atoms with Crippen molar-refractivity contribution >= 4 is 34.7 Å². The lowest BCUT2D eigenvalue weighted by Crippen LogP contribution is -2.19. The molecule has 0 bridgehead atoms. The summed E-state index contributed by atoms with van der Waals surface area (Å²) in [4.78, 5) is 11.9. The van der Waals surface area contributed by atoms with E-state index in [0.717, 1.165) is 24.3 Å². The van der Waals surface area contributed by atoms with Gasteiger partial charge >= 0.3 is 6.03 Å². The first kappa shape index (κ1) is 12.8. The van der Waals surface area contributed by atoms with Crippen molar-refractivity contribution in [3.8, 4) is 0 Å². The van der Waals surface area contributed by atoms with Gasteiger partial charge in [-0.1, -0.05) is 23.7 Å². The Hall–Kier alpha value is -2.20. The second-order valence-corrected chi connectivity index (χ2v) is 5.01. The third-order valence-corrected chi connectivity index (χ3v) is 3.52. The molecule has 2 aromatic rings. The van der Waals surface area contributed by atoms with Crippen LogP contribution < -0.4 is 16.0 Å². The van der Waals surface area contributed by atoms with Crippen LogP contribution in [0.4, 0.5) is 21.9 Å². The maximum atomic E-state index is 11.9. The minimum Gasteiger partial charge on any atom is -0.384 e. The Morgan fingerprint density at radius 2 is 2.00 bits per heavy atom. The molecule has 0 atom stereocenters. The molecule has 102 valence electrons. The third kappa shape index (κ3) is 2.70. The number of hydrogen-bond acceptors (Lipinski definition) is 2. The van der Waals surface area contributed by atoms with Crippen molar-refractivity contribution in [1.29, 1.82) is 0 Å². The lowest BCUT2D eigenvalue weighted by atomic mass is 10.1. The Kier molecular flexibility index (Phi) is 3.48. The Labute approximate surface area is 122 Å². The molecule has 3 N–H and O–H groups in total. The summed E-state index contributed by atoms with van der Waals surface area (Å²) in [5.41, 5.74) is 3.73. The van der Waals surface area contributed by atoms with Crippen LogP contribution in [-0.2, 0) is 6.42 Å². The second-order valence-electron chi connectivity index (χ2n) is 4.61. The zero-order valence-electron chi connectivity index (χ0n) is 10.7. The van der Waals surface area contributed by atoms with E-state index < -0.39 is 0 Å². The molecule has 0 radical (unpaired) electrons. The Morgan fingerprint density at radius 1 is 1.15 bits per heavy atom. The summed E-state index contributed by atoms with van der Waals surface area (Å²) in [5, 5.41) is 9.34. The van der Waals surface area contributed by atoms with Gasteiger partial charge in [-0.2, -0.15) is 0 Å². The van der Waals surface area contributed by atoms with Gasteiger partial charge in [0.2, 0.25) is 0 Å². The predicted octanol–water partition coefficient (Wildman–Crippen LogP) is 3.95. The van der Waals surface area contributed by atoms with Crippen LogP contribution >= 0.6 is 11.6 Å². The van der Waals surface area contributed by atoms with Crippen LogP contribution in [0.2, 0.25) is 5.02 Å². The summed E-state index contributed by atoms with van der Waals surface area (Å²) >= 11 is 6.00. The highest BCUT2D eigenvalue weighted by atomic mass is 35.5.